The fourth-order valence-electron chi connectivity index (χ4n) is 3.49. The molecular formula is C18H20N2O3S. The second-order valence-electron chi connectivity index (χ2n) is 6.10. The number of likely N-dealkylation sites (tertiary alicyclic amines) is 1. The molecule has 1 aromatic carbocycles. The molecule has 0 N–H and O–H groups in total. The van der Waals surface area contributed by atoms with Crippen LogP contribution in [0, 0.1) is 0 Å². The highest BCUT2D eigenvalue weighted by atomic mass is 32.1. The Labute approximate surface area is 145 Å². The van der Waals surface area contributed by atoms with Gasteiger partial charge in [0.1, 0.15) is 13.2 Å². The van der Waals surface area contributed by atoms with Gasteiger partial charge >= 0.3 is 0 Å². The van der Waals surface area contributed by atoms with Crippen molar-refractivity contribution in [3.8, 4) is 11.5 Å². The first-order chi connectivity index (χ1) is 11.8. The van der Waals surface area contributed by atoms with Gasteiger partial charge in [-0.15, -0.1) is 11.3 Å². The number of fused-ring (bicyclic) bond motifs is 1. The van der Waals surface area contributed by atoms with E-state index in [-0.39, 0.29) is 11.9 Å². The highest BCUT2D eigenvalue weighted by Gasteiger charge is 2.33. The molecule has 1 amide bonds. The van der Waals surface area contributed by atoms with Crippen LogP contribution in [0.2, 0.25) is 0 Å². The van der Waals surface area contributed by atoms with E-state index in [1.165, 1.54) is 0 Å². The van der Waals surface area contributed by atoms with E-state index < -0.39 is 0 Å². The quantitative estimate of drug-likeness (QED) is 0.855. The molecule has 0 aliphatic carbocycles. The summed E-state index contributed by atoms with van der Waals surface area (Å²) in [5.41, 5.74) is 3.89. The van der Waals surface area contributed by atoms with Crippen molar-refractivity contribution in [3.05, 3.63) is 40.3 Å². The molecule has 3 heterocycles. The third kappa shape index (κ3) is 2.98. The molecule has 0 spiro atoms. The second kappa shape index (κ2) is 6.81. The maximum atomic E-state index is 12.7. The third-order valence-electron chi connectivity index (χ3n) is 4.61. The number of nitrogens with zero attached hydrogens (tertiary/aromatic N) is 2. The first kappa shape index (κ1) is 15.4. The van der Waals surface area contributed by atoms with E-state index in [0.29, 0.717) is 26.1 Å². The number of benzene rings is 1. The van der Waals surface area contributed by atoms with E-state index in [0.717, 1.165) is 42.1 Å². The molecule has 2 aliphatic rings. The van der Waals surface area contributed by atoms with Crippen LogP contribution in [-0.4, -0.2) is 35.5 Å². The van der Waals surface area contributed by atoms with Crippen molar-refractivity contribution >= 4 is 17.2 Å². The number of thiazole rings is 1. The summed E-state index contributed by atoms with van der Waals surface area (Å²) < 4.78 is 11.5. The van der Waals surface area contributed by atoms with Crippen molar-refractivity contribution in [2.24, 2.45) is 0 Å². The minimum absolute atomic E-state index is 0.0876. The summed E-state index contributed by atoms with van der Waals surface area (Å²) in [6.07, 6.45) is 3.21. The molecule has 2 aromatic rings. The van der Waals surface area contributed by atoms with Crippen LogP contribution in [-0.2, 0) is 11.2 Å². The summed E-state index contributed by atoms with van der Waals surface area (Å²) in [7, 11) is 0. The Morgan fingerprint density at radius 1 is 1.33 bits per heavy atom. The highest BCUT2D eigenvalue weighted by Crippen LogP contribution is 2.42. The third-order valence-corrected chi connectivity index (χ3v) is 5.24. The Bertz CT molecular complexity index is 717. The number of carbonyl (C=O) groups excluding carboxylic acids is 1. The number of carbonyl (C=O) groups is 1. The molecule has 1 atom stereocenters. The Hall–Kier alpha value is -2.08. The van der Waals surface area contributed by atoms with Crippen molar-refractivity contribution in [2.75, 3.05) is 19.8 Å². The minimum Gasteiger partial charge on any atom is -0.486 e. The normalized spacial score (nSPS) is 19.5. The van der Waals surface area contributed by atoms with E-state index >= 15 is 0 Å². The largest absolute Gasteiger partial charge is 0.486 e. The first-order valence-electron chi connectivity index (χ1n) is 8.38. The molecule has 4 rings (SSSR count). The smallest absolute Gasteiger partial charge is 0.223 e. The number of ether oxygens (including phenoxy) is 2. The number of para-hydroxylation sites is 1. The highest BCUT2D eigenvalue weighted by molar-refractivity contribution is 7.07. The summed E-state index contributed by atoms with van der Waals surface area (Å²) in [6, 6.07) is 6.06. The average Bonchev–Trinajstić information content (AvgIpc) is 3.31. The minimum atomic E-state index is 0.0876. The summed E-state index contributed by atoms with van der Waals surface area (Å²) in [6.45, 7) is 1.96. The van der Waals surface area contributed by atoms with Gasteiger partial charge in [-0.3, -0.25) is 4.79 Å². The predicted molar refractivity (Wildman–Crippen MR) is 91.6 cm³/mol. The van der Waals surface area contributed by atoms with Gasteiger partial charge in [0.2, 0.25) is 5.91 Å². The fraction of sp³-hybridized carbons (Fsp3) is 0.444. The second-order valence-corrected chi connectivity index (χ2v) is 6.82. The Kier molecular flexibility index (Phi) is 4.38. The Morgan fingerprint density at radius 3 is 3.12 bits per heavy atom. The van der Waals surface area contributed by atoms with Crippen molar-refractivity contribution in [1.29, 1.82) is 0 Å². The van der Waals surface area contributed by atoms with Crippen molar-refractivity contribution in [1.82, 2.24) is 9.88 Å². The van der Waals surface area contributed by atoms with E-state index in [1.807, 2.05) is 27.9 Å². The van der Waals surface area contributed by atoms with Gasteiger partial charge < -0.3 is 14.4 Å². The molecule has 5 nitrogen and oxygen atoms in total. The van der Waals surface area contributed by atoms with Crippen LogP contribution in [0.25, 0.3) is 0 Å². The molecule has 0 radical (unpaired) electrons. The zero-order valence-corrected chi connectivity index (χ0v) is 14.3. The fourth-order valence-corrected chi connectivity index (χ4v) is 4.08. The number of hydrogen-bond acceptors (Lipinski definition) is 5. The molecule has 1 unspecified atom stereocenters. The standard InChI is InChI=1S/C18H20N2O3S/c21-17(7-6-13-11-24-12-19-13)20-8-2-4-15(20)14-3-1-5-16-18(14)23-10-9-22-16/h1,3,5,11-12,15H,2,4,6-10H2. The van der Waals surface area contributed by atoms with Gasteiger partial charge in [0.15, 0.2) is 11.5 Å². The maximum absolute atomic E-state index is 12.7. The van der Waals surface area contributed by atoms with Gasteiger partial charge in [-0.05, 0) is 25.3 Å². The Morgan fingerprint density at radius 2 is 2.25 bits per heavy atom. The van der Waals surface area contributed by atoms with Gasteiger partial charge in [-0.2, -0.15) is 0 Å². The molecule has 0 bridgehead atoms. The van der Waals surface area contributed by atoms with Crippen molar-refractivity contribution in [3.63, 3.8) is 0 Å². The first-order valence-corrected chi connectivity index (χ1v) is 9.32. The number of hydrogen-bond donors (Lipinski definition) is 0. The number of aromatic nitrogens is 1. The van der Waals surface area contributed by atoms with Crippen LogP contribution >= 0.6 is 11.3 Å². The van der Waals surface area contributed by atoms with Gasteiger partial charge in [0.25, 0.3) is 0 Å². The number of rotatable bonds is 4. The Balaban J connectivity index is 1.51. The van der Waals surface area contributed by atoms with Gasteiger partial charge in [0, 0.05) is 23.9 Å². The summed E-state index contributed by atoms with van der Waals surface area (Å²) in [5.74, 6) is 1.80. The molecular weight excluding hydrogens is 324 g/mol. The molecule has 24 heavy (non-hydrogen) atoms. The zero-order valence-electron chi connectivity index (χ0n) is 13.4. The van der Waals surface area contributed by atoms with E-state index in [4.69, 9.17) is 9.47 Å². The molecule has 126 valence electrons. The van der Waals surface area contributed by atoms with Crippen LogP contribution in [0.15, 0.2) is 29.1 Å². The summed E-state index contributed by atoms with van der Waals surface area (Å²) >= 11 is 1.57. The number of amides is 1. The molecule has 2 aliphatic heterocycles. The monoisotopic (exact) mass is 344 g/mol. The lowest BCUT2D eigenvalue weighted by atomic mass is 10.0. The van der Waals surface area contributed by atoms with Crippen LogP contribution in [0.3, 0.4) is 0 Å². The van der Waals surface area contributed by atoms with Crippen molar-refractivity contribution in [2.45, 2.75) is 31.7 Å². The van der Waals surface area contributed by atoms with Crippen LogP contribution in [0.1, 0.15) is 36.6 Å². The maximum Gasteiger partial charge on any atom is 0.223 e. The lowest BCUT2D eigenvalue weighted by molar-refractivity contribution is -0.132. The van der Waals surface area contributed by atoms with Crippen molar-refractivity contribution < 1.29 is 14.3 Å². The van der Waals surface area contributed by atoms with E-state index in [1.54, 1.807) is 11.3 Å². The molecule has 0 saturated carbocycles. The van der Waals surface area contributed by atoms with Gasteiger partial charge in [-0.25, -0.2) is 4.98 Å². The van der Waals surface area contributed by atoms with Crippen LogP contribution in [0.5, 0.6) is 11.5 Å². The molecule has 6 heteroatoms. The van der Waals surface area contributed by atoms with Gasteiger partial charge in [0.05, 0.1) is 17.2 Å². The zero-order chi connectivity index (χ0) is 16.4. The SMILES string of the molecule is O=C(CCc1cscn1)N1CCCC1c1cccc2c1OCCO2. The summed E-state index contributed by atoms with van der Waals surface area (Å²) in [5, 5.41) is 2.01. The van der Waals surface area contributed by atoms with Crippen LogP contribution < -0.4 is 9.47 Å². The number of aryl methyl sites for hydroxylation is 1. The summed E-state index contributed by atoms with van der Waals surface area (Å²) in [4.78, 5) is 19.0. The topological polar surface area (TPSA) is 51.7 Å². The molecule has 1 saturated heterocycles. The van der Waals surface area contributed by atoms with E-state index in [9.17, 15) is 4.79 Å². The molecule has 1 fully saturated rings. The van der Waals surface area contributed by atoms with E-state index in [2.05, 4.69) is 11.1 Å². The lowest BCUT2D eigenvalue weighted by Crippen LogP contribution is -2.31. The molecule has 1 aromatic heterocycles. The lowest BCUT2D eigenvalue weighted by Gasteiger charge is -2.29. The van der Waals surface area contributed by atoms with Crippen LogP contribution in [0.4, 0.5) is 0 Å². The van der Waals surface area contributed by atoms with Gasteiger partial charge in [-0.1, -0.05) is 12.1 Å². The predicted octanol–water partition coefficient (Wildman–Crippen LogP) is 3.21. The average molecular weight is 344 g/mol.